The molecule has 5 nitrogen and oxygen atoms in total. The Morgan fingerprint density at radius 3 is 2.80 bits per heavy atom. The van der Waals surface area contributed by atoms with Crippen LogP contribution in [0.2, 0.25) is 0 Å². The molecule has 2 heterocycles. The molecule has 1 aliphatic rings. The molecule has 1 saturated carbocycles. The molecule has 30 heavy (non-hydrogen) atoms. The summed E-state index contributed by atoms with van der Waals surface area (Å²) in [4.78, 5) is 20.1. The number of hydrogen-bond acceptors (Lipinski definition) is 3. The van der Waals surface area contributed by atoms with Gasteiger partial charge in [0, 0.05) is 12.0 Å². The first-order valence-corrected chi connectivity index (χ1v) is 10.2. The van der Waals surface area contributed by atoms with Gasteiger partial charge in [0.05, 0.1) is 23.4 Å². The molecule has 5 rings (SSSR count). The second kappa shape index (κ2) is 7.67. The summed E-state index contributed by atoms with van der Waals surface area (Å²) < 4.78 is 5.86. The molecular formula is C25H23N3O2. The number of amides is 1. The molecule has 3 atom stereocenters. The molecule has 1 aliphatic carbocycles. The van der Waals surface area contributed by atoms with E-state index in [1.54, 1.807) is 12.4 Å². The number of nitrogens with one attached hydrogen (secondary N) is 2. The molecule has 0 radical (unpaired) electrons. The number of fused-ring (bicyclic) bond motifs is 1. The Hall–Kier alpha value is -3.60. The lowest BCUT2D eigenvalue weighted by Crippen LogP contribution is -2.27. The van der Waals surface area contributed by atoms with E-state index in [-0.39, 0.29) is 11.9 Å². The molecule has 5 heteroatoms. The molecule has 2 aromatic heterocycles. The van der Waals surface area contributed by atoms with Gasteiger partial charge in [-0.05, 0) is 53.8 Å². The summed E-state index contributed by atoms with van der Waals surface area (Å²) in [5.74, 6) is 2.76. The largest absolute Gasteiger partial charge is 0.461 e. The van der Waals surface area contributed by atoms with E-state index in [0.717, 1.165) is 27.9 Å². The lowest BCUT2D eigenvalue weighted by Gasteiger charge is -2.19. The first kappa shape index (κ1) is 18.4. The van der Waals surface area contributed by atoms with E-state index in [4.69, 9.17) is 4.42 Å². The summed E-state index contributed by atoms with van der Waals surface area (Å²) in [6.07, 6.45) is 6.11. The minimum atomic E-state index is -0.268. The van der Waals surface area contributed by atoms with Crippen molar-refractivity contribution < 1.29 is 9.21 Å². The van der Waals surface area contributed by atoms with Crippen LogP contribution in [0.15, 0.2) is 77.5 Å². The number of H-pyrrole nitrogens is 1. The van der Waals surface area contributed by atoms with Crippen LogP contribution < -0.4 is 5.32 Å². The van der Waals surface area contributed by atoms with Crippen LogP contribution in [0.4, 0.5) is 0 Å². The van der Waals surface area contributed by atoms with Crippen molar-refractivity contribution in [3.8, 4) is 0 Å². The number of imidazole rings is 1. The van der Waals surface area contributed by atoms with Crippen molar-refractivity contribution in [2.24, 2.45) is 5.92 Å². The average Bonchev–Trinajstić information content (AvgIpc) is 3.16. The van der Waals surface area contributed by atoms with Crippen LogP contribution >= 0.6 is 0 Å². The molecule has 0 saturated heterocycles. The highest BCUT2D eigenvalue weighted by Crippen LogP contribution is 2.47. The predicted octanol–water partition coefficient (Wildman–Crippen LogP) is 5.20. The van der Waals surface area contributed by atoms with E-state index in [2.05, 4.69) is 22.2 Å². The topological polar surface area (TPSA) is 70.9 Å². The van der Waals surface area contributed by atoms with E-state index in [1.807, 2.05) is 60.7 Å². The molecule has 4 aromatic rings. The Morgan fingerprint density at radius 2 is 2.00 bits per heavy atom. The van der Waals surface area contributed by atoms with Crippen molar-refractivity contribution >= 4 is 23.0 Å². The minimum absolute atomic E-state index is 0.175. The Balaban J connectivity index is 1.36. The number of furan rings is 1. The van der Waals surface area contributed by atoms with Gasteiger partial charge in [-0.1, -0.05) is 43.3 Å². The second-order valence-electron chi connectivity index (χ2n) is 7.92. The first-order valence-electron chi connectivity index (χ1n) is 10.2. The standard InChI is InChI=1S/C25H23N3O2/c1-16-13-20(16)23-11-8-19(30-23)9-12-24(29)28-25(17-5-3-2-4-6-17)18-7-10-21-22(14-18)27-15-26-21/h2-12,14-16,20,25H,13H2,1H3,(H,26,27)(H,28,29). The van der Waals surface area contributed by atoms with E-state index in [1.165, 1.54) is 12.5 Å². The maximum Gasteiger partial charge on any atom is 0.244 e. The normalized spacial score (nSPS) is 19.2. The van der Waals surface area contributed by atoms with Crippen LogP contribution in [0.25, 0.3) is 17.1 Å². The monoisotopic (exact) mass is 397 g/mol. The smallest absolute Gasteiger partial charge is 0.244 e. The summed E-state index contributed by atoms with van der Waals surface area (Å²) in [6.45, 7) is 2.22. The van der Waals surface area contributed by atoms with Crippen molar-refractivity contribution in [1.29, 1.82) is 0 Å². The highest BCUT2D eigenvalue weighted by atomic mass is 16.3. The first-order chi connectivity index (χ1) is 14.7. The van der Waals surface area contributed by atoms with Gasteiger partial charge in [-0.3, -0.25) is 4.79 Å². The SMILES string of the molecule is CC1CC1c1ccc(C=CC(=O)NC(c2ccccc2)c2ccc3nc[nH]c3c2)o1. The fourth-order valence-corrected chi connectivity index (χ4v) is 3.86. The fourth-order valence-electron chi connectivity index (χ4n) is 3.86. The van der Waals surface area contributed by atoms with Gasteiger partial charge in [-0.25, -0.2) is 4.98 Å². The number of aromatic nitrogens is 2. The van der Waals surface area contributed by atoms with E-state index in [9.17, 15) is 4.79 Å². The zero-order chi connectivity index (χ0) is 20.5. The predicted molar refractivity (Wildman–Crippen MR) is 117 cm³/mol. The molecule has 1 fully saturated rings. The van der Waals surface area contributed by atoms with Gasteiger partial charge in [0.1, 0.15) is 11.5 Å². The van der Waals surface area contributed by atoms with Gasteiger partial charge < -0.3 is 14.7 Å². The van der Waals surface area contributed by atoms with Crippen molar-refractivity contribution in [2.75, 3.05) is 0 Å². The van der Waals surface area contributed by atoms with Crippen LogP contribution in [0.1, 0.15) is 48.0 Å². The van der Waals surface area contributed by atoms with Crippen LogP contribution in [-0.2, 0) is 4.79 Å². The Bertz CT molecular complexity index is 1210. The minimum Gasteiger partial charge on any atom is -0.461 e. The van der Waals surface area contributed by atoms with Crippen LogP contribution in [0.5, 0.6) is 0 Å². The van der Waals surface area contributed by atoms with Gasteiger partial charge >= 0.3 is 0 Å². The third kappa shape index (κ3) is 3.79. The molecule has 3 unspecified atom stereocenters. The summed E-state index contributed by atoms with van der Waals surface area (Å²) >= 11 is 0. The Kier molecular flexibility index (Phi) is 4.71. The third-order valence-electron chi connectivity index (χ3n) is 5.72. The van der Waals surface area contributed by atoms with Gasteiger partial charge in [0.25, 0.3) is 0 Å². The molecule has 0 aliphatic heterocycles. The van der Waals surface area contributed by atoms with Crippen molar-refractivity contribution in [3.63, 3.8) is 0 Å². The van der Waals surface area contributed by atoms with Crippen LogP contribution in [0.3, 0.4) is 0 Å². The van der Waals surface area contributed by atoms with E-state index in [0.29, 0.717) is 17.6 Å². The van der Waals surface area contributed by atoms with E-state index >= 15 is 0 Å². The third-order valence-corrected chi connectivity index (χ3v) is 5.72. The number of aromatic amines is 1. The second-order valence-corrected chi connectivity index (χ2v) is 7.92. The number of carbonyl (C=O) groups is 1. The van der Waals surface area contributed by atoms with Crippen molar-refractivity contribution in [3.05, 3.63) is 95.7 Å². The van der Waals surface area contributed by atoms with Crippen LogP contribution in [0, 0.1) is 5.92 Å². The lowest BCUT2D eigenvalue weighted by atomic mass is 9.98. The summed E-state index contributed by atoms with van der Waals surface area (Å²) in [5.41, 5.74) is 3.84. The molecular weight excluding hydrogens is 374 g/mol. The molecule has 2 N–H and O–H groups in total. The van der Waals surface area contributed by atoms with Crippen molar-refractivity contribution in [1.82, 2.24) is 15.3 Å². The molecule has 0 bridgehead atoms. The number of rotatable bonds is 6. The maximum absolute atomic E-state index is 12.7. The number of nitrogens with zero attached hydrogens (tertiary/aromatic N) is 1. The average molecular weight is 397 g/mol. The van der Waals surface area contributed by atoms with Gasteiger partial charge in [-0.15, -0.1) is 0 Å². The van der Waals surface area contributed by atoms with Gasteiger partial charge in [0.2, 0.25) is 5.91 Å². The Morgan fingerprint density at radius 1 is 1.17 bits per heavy atom. The van der Waals surface area contributed by atoms with Gasteiger partial charge in [0.15, 0.2) is 0 Å². The number of benzene rings is 2. The quantitative estimate of drug-likeness (QED) is 0.439. The molecule has 0 spiro atoms. The van der Waals surface area contributed by atoms with Gasteiger partial charge in [-0.2, -0.15) is 0 Å². The van der Waals surface area contributed by atoms with E-state index < -0.39 is 0 Å². The lowest BCUT2D eigenvalue weighted by molar-refractivity contribution is -0.116. The Labute approximate surface area is 174 Å². The zero-order valence-corrected chi connectivity index (χ0v) is 16.7. The van der Waals surface area contributed by atoms with Crippen molar-refractivity contribution in [2.45, 2.75) is 25.3 Å². The maximum atomic E-state index is 12.7. The molecule has 1 amide bonds. The molecule has 150 valence electrons. The number of hydrogen-bond donors (Lipinski definition) is 2. The molecule has 2 aromatic carbocycles. The van der Waals surface area contributed by atoms with Crippen LogP contribution in [-0.4, -0.2) is 15.9 Å². The summed E-state index contributed by atoms with van der Waals surface area (Å²) in [6, 6.07) is 19.6. The summed E-state index contributed by atoms with van der Waals surface area (Å²) in [7, 11) is 0. The fraction of sp³-hybridized carbons (Fsp3) is 0.200. The zero-order valence-electron chi connectivity index (χ0n) is 16.7. The summed E-state index contributed by atoms with van der Waals surface area (Å²) in [5, 5.41) is 3.12. The number of carbonyl (C=O) groups excluding carboxylic acids is 1. The highest BCUT2D eigenvalue weighted by Gasteiger charge is 2.36. The highest BCUT2D eigenvalue weighted by molar-refractivity contribution is 5.92.